The highest BCUT2D eigenvalue weighted by Crippen LogP contribution is 2.37. The fourth-order valence-corrected chi connectivity index (χ4v) is 4.05. The van der Waals surface area contributed by atoms with Crippen LogP contribution in [0.2, 0.25) is 5.02 Å². The van der Waals surface area contributed by atoms with Crippen molar-refractivity contribution in [2.24, 2.45) is 0 Å². The van der Waals surface area contributed by atoms with Crippen molar-refractivity contribution in [2.45, 2.75) is 30.9 Å². The second kappa shape index (κ2) is 7.25. The van der Waals surface area contributed by atoms with E-state index in [4.69, 9.17) is 16.3 Å². The van der Waals surface area contributed by atoms with E-state index >= 15 is 0 Å². The molecule has 0 bridgehead atoms. The van der Waals surface area contributed by atoms with Crippen LogP contribution in [0.15, 0.2) is 48.7 Å². The molecule has 1 spiro atoms. The van der Waals surface area contributed by atoms with E-state index in [-0.39, 0.29) is 17.6 Å². The predicted octanol–water partition coefficient (Wildman–Crippen LogP) is 3.61. The van der Waals surface area contributed by atoms with Gasteiger partial charge in [-0.1, -0.05) is 23.7 Å². The summed E-state index contributed by atoms with van der Waals surface area (Å²) in [5.41, 5.74) is 0.521. The average molecular weight is 372 g/mol. The second-order valence-corrected chi connectivity index (χ2v) is 7.49. The number of benzene rings is 1. The minimum Gasteiger partial charge on any atom is -0.373 e. The van der Waals surface area contributed by atoms with Crippen LogP contribution in [0.1, 0.15) is 29.6 Å². The molecule has 1 aromatic heterocycles. The lowest BCUT2D eigenvalue weighted by molar-refractivity contribution is -0.0388. The van der Waals surface area contributed by atoms with Crippen molar-refractivity contribution in [3.05, 3.63) is 59.2 Å². The number of rotatable bonds is 3. The fourth-order valence-electron chi connectivity index (χ4n) is 3.86. The topological polar surface area (TPSA) is 54.5 Å². The van der Waals surface area contributed by atoms with Gasteiger partial charge in [-0.25, -0.2) is 4.98 Å². The third-order valence-corrected chi connectivity index (χ3v) is 5.49. The minimum absolute atomic E-state index is 0.0449. The number of carbonyl (C=O) groups is 1. The van der Waals surface area contributed by atoms with Gasteiger partial charge in [-0.3, -0.25) is 4.79 Å². The lowest BCUT2D eigenvalue weighted by Crippen LogP contribution is -2.46. The maximum atomic E-state index is 12.7. The van der Waals surface area contributed by atoms with Gasteiger partial charge in [0.15, 0.2) is 0 Å². The number of hydrogen-bond acceptors (Lipinski definition) is 4. The highest BCUT2D eigenvalue weighted by Gasteiger charge is 2.43. The predicted molar refractivity (Wildman–Crippen MR) is 102 cm³/mol. The summed E-state index contributed by atoms with van der Waals surface area (Å²) in [6.45, 7) is 2.10. The van der Waals surface area contributed by atoms with Crippen molar-refractivity contribution in [3.8, 4) is 0 Å². The number of nitrogens with one attached hydrogen (secondary N) is 1. The van der Waals surface area contributed by atoms with Crippen molar-refractivity contribution < 1.29 is 9.53 Å². The maximum Gasteiger partial charge on any atom is 0.253 e. The maximum absolute atomic E-state index is 12.7. The van der Waals surface area contributed by atoms with Gasteiger partial charge in [0.1, 0.15) is 5.82 Å². The van der Waals surface area contributed by atoms with Crippen LogP contribution >= 0.6 is 11.6 Å². The van der Waals surface area contributed by atoms with Crippen molar-refractivity contribution >= 4 is 23.3 Å². The normalized spacial score (nSPS) is 21.7. The summed E-state index contributed by atoms with van der Waals surface area (Å²) in [6, 6.07) is 13.3. The summed E-state index contributed by atoms with van der Waals surface area (Å²) < 4.78 is 6.17. The molecule has 0 unspecified atom stereocenters. The van der Waals surface area contributed by atoms with Gasteiger partial charge < -0.3 is 15.0 Å². The summed E-state index contributed by atoms with van der Waals surface area (Å²) in [5.74, 6) is 0.926. The number of piperidine rings is 1. The minimum atomic E-state index is -0.127. The van der Waals surface area contributed by atoms with Crippen LogP contribution in [0.5, 0.6) is 0 Å². The van der Waals surface area contributed by atoms with Crippen molar-refractivity contribution in [3.63, 3.8) is 0 Å². The lowest BCUT2D eigenvalue weighted by Gasteiger charge is -2.38. The largest absolute Gasteiger partial charge is 0.373 e. The Morgan fingerprint density at radius 3 is 2.81 bits per heavy atom. The number of hydrogen-bond donors (Lipinski definition) is 1. The van der Waals surface area contributed by atoms with Gasteiger partial charge in [-0.15, -0.1) is 0 Å². The number of anilines is 1. The monoisotopic (exact) mass is 371 g/mol. The van der Waals surface area contributed by atoms with Gasteiger partial charge in [0.2, 0.25) is 0 Å². The molecular weight excluding hydrogens is 350 g/mol. The third-order valence-electron chi connectivity index (χ3n) is 5.26. The first-order valence-electron chi connectivity index (χ1n) is 9.00. The van der Waals surface area contributed by atoms with E-state index in [1.54, 1.807) is 18.3 Å². The van der Waals surface area contributed by atoms with Crippen LogP contribution < -0.4 is 5.32 Å². The highest BCUT2D eigenvalue weighted by molar-refractivity contribution is 6.30. The van der Waals surface area contributed by atoms with E-state index in [1.165, 1.54) is 0 Å². The van der Waals surface area contributed by atoms with Crippen LogP contribution in [0, 0.1) is 0 Å². The number of aromatic nitrogens is 1. The van der Waals surface area contributed by atoms with Crippen molar-refractivity contribution in [2.75, 3.05) is 25.0 Å². The smallest absolute Gasteiger partial charge is 0.253 e. The van der Waals surface area contributed by atoms with Crippen molar-refractivity contribution in [1.29, 1.82) is 0 Å². The molecule has 6 heteroatoms. The summed E-state index contributed by atoms with van der Waals surface area (Å²) in [6.07, 6.45) is 4.45. The average Bonchev–Trinajstić information content (AvgIpc) is 3.05. The third kappa shape index (κ3) is 3.69. The van der Waals surface area contributed by atoms with Crippen LogP contribution in [0.3, 0.4) is 0 Å². The Kier molecular flexibility index (Phi) is 4.83. The molecule has 0 aliphatic carbocycles. The molecule has 2 aliphatic rings. The molecule has 2 fully saturated rings. The van der Waals surface area contributed by atoms with Crippen molar-refractivity contribution in [1.82, 2.24) is 9.88 Å². The molecule has 3 heterocycles. The number of likely N-dealkylation sites (tertiary alicyclic amines) is 1. The Morgan fingerprint density at radius 1 is 1.23 bits per heavy atom. The zero-order valence-corrected chi connectivity index (χ0v) is 15.3. The van der Waals surface area contributed by atoms with E-state index in [1.807, 2.05) is 35.2 Å². The van der Waals surface area contributed by atoms with Gasteiger partial charge in [0.05, 0.1) is 18.2 Å². The molecule has 1 aromatic carbocycles. The summed E-state index contributed by atoms with van der Waals surface area (Å²) in [7, 11) is 0. The lowest BCUT2D eigenvalue weighted by atomic mass is 9.87. The Hall–Kier alpha value is -2.11. The first kappa shape index (κ1) is 17.3. The summed E-state index contributed by atoms with van der Waals surface area (Å²) in [5, 5.41) is 4.04. The van der Waals surface area contributed by atoms with Gasteiger partial charge in [0, 0.05) is 29.9 Å². The Balaban J connectivity index is 1.34. The molecule has 2 saturated heterocycles. The van der Waals surface area contributed by atoms with Crippen LogP contribution in [-0.2, 0) is 4.74 Å². The Bertz CT molecular complexity index is 776. The van der Waals surface area contributed by atoms with Crippen LogP contribution in [-0.4, -0.2) is 47.1 Å². The van der Waals surface area contributed by atoms with Gasteiger partial charge in [-0.05, 0) is 49.6 Å². The van der Waals surface area contributed by atoms with E-state index in [9.17, 15) is 4.79 Å². The zero-order valence-electron chi connectivity index (χ0n) is 14.5. The molecule has 1 N–H and O–H groups in total. The van der Waals surface area contributed by atoms with Gasteiger partial charge in [-0.2, -0.15) is 0 Å². The molecule has 0 radical (unpaired) electrons. The van der Waals surface area contributed by atoms with Crippen LogP contribution in [0.4, 0.5) is 5.82 Å². The molecule has 136 valence electrons. The number of ether oxygens (including phenoxy) is 1. The first-order valence-corrected chi connectivity index (χ1v) is 9.38. The number of halogens is 1. The quantitative estimate of drug-likeness (QED) is 0.895. The standard InChI is InChI=1S/C20H22ClN3O2/c21-16-5-3-4-15(12-16)19(25)24-10-7-20(8-11-24)13-17(14-26-20)23-18-6-1-2-9-22-18/h1-6,9,12,17H,7-8,10-11,13-14H2,(H,22,23)/t17-/m1/s1. The Labute approximate surface area is 158 Å². The SMILES string of the molecule is O=C(c1cccc(Cl)c1)N1CCC2(CC1)C[C@@H](Nc1ccccn1)CO2. The van der Waals surface area contributed by atoms with E-state index in [2.05, 4.69) is 10.3 Å². The molecule has 5 nitrogen and oxygen atoms in total. The molecule has 2 aliphatic heterocycles. The summed E-state index contributed by atoms with van der Waals surface area (Å²) >= 11 is 6.01. The van der Waals surface area contributed by atoms with E-state index in [0.29, 0.717) is 30.3 Å². The number of pyridine rings is 1. The first-order chi connectivity index (χ1) is 12.6. The fraction of sp³-hybridized carbons (Fsp3) is 0.400. The summed E-state index contributed by atoms with van der Waals surface area (Å²) in [4.78, 5) is 18.9. The molecule has 1 atom stereocenters. The van der Waals surface area contributed by atoms with Gasteiger partial charge >= 0.3 is 0 Å². The highest BCUT2D eigenvalue weighted by atomic mass is 35.5. The number of amides is 1. The van der Waals surface area contributed by atoms with E-state index in [0.717, 1.165) is 25.1 Å². The van der Waals surface area contributed by atoms with E-state index < -0.39 is 0 Å². The molecular formula is C20H22ClN3O2. The zero-order chi connectivity index (χ0) is 18.0. The molecule has 2 aromatic rings. The van der Waals surface area contributed by atoms with Gasteiger partial charge in [0.25, 0.3) is 5.91 Å². The molecule has 0 saturated carbocycles. The Morgan fingerprint density at radius 2 is 2.08 bits per heavy atom. The second-order valence-electron chi connectivity index (χ2n) is 7.06. The van der Waals surface area contributed by atoms with Crippen LogP contribution in [0.25, 0.3) is 0 Å². The molecule has 26 heavy (non-hydrogen) atoms. The molecule has 1 amide bonds. The number of carbonyl (C=O) groups excluding carboxylic acids is 1. The molecule has 4 rings (SSSR count). The number of nitrogens with zero attached hydrogens (tertiary/aromatic N) is 2.